The minimum absolute atomic E-state index is 0.0277. The van der Waals surface area contributed by atoms with E-state index in [4.69, 9.17) is 14.2 Å². The maximum absolute atomic E-state index is 6.05. The Bertz CT molecular complexity index is 382. The smallest absolute Gasteiger partial charge is 0.161 e. The maximum Gasteiger partial charge on any atom is 0.161 e. The van der Waals surface area contributed by atoms with Gasteiger partial charge >= 0.3 is 0 Å². The number of hydrogen-bond acceptors (Lipinski definition) is 4. The fourth-order valence-corrected chi connectivity index (χ4v) is 1.91. The van der Waals surface area contributed by atoms with Crippen LogP contribution in [0.4, 0.5) is 0 Å². The highest BCUT2D eigenvalue weighted by Crippen LogP contribution is 2.27. The standard InChI is InChI=1S/C17H29NO3/c1-5-10-20-16-8-6-7-9-17(16)21-15(13-19-4)12-18-11-14(2)3/h6-9,14-15,18H,5,10-13H2,1-4H3. The van der Waals surface area contributed by atoms with Crippen molar-refractivity contribution in [3.05, 3.63) is 24.3 Å². The quantitative estimate of drug-likeness (QED) is 0.681. The number of para-hydroxylation sites is 2. The largest absolute Gasteiger partial charge is 0.490 e. The van der Waals surface area contributed by atoms with E-state index >= 15 is 0 Å². The van der Waals surface area contributed by atoms with Crippen LogP contribution in [0.2, 0.25) is 0 Å². The van der Waals surface area contributed by atoms with E-state index < -0.39 is 0 Å². The molecule has 1 aromatic carbocycles. The Balaban J connectivity index is 2.60. The fourth-order valence-electron chi connectivity index (χ4n) is 1.91. The van der Waals surface area contributed by atoms with Crippen LogP contribution in [0.5, 0.6) is 11.5 Å². The van der Waals surface area contributed by atoms with Crippen LogP contribution in [0.1, 0.15) is 27.2 Å². The first-order valence-corrected chi connectivity index (χ1v) is 7.75. The molecular formula is C17H29NO3. The highest BCUT2D eigenvalue weighted by molar-refractivity contribution is 5.39. The molecule has 0 aromatic heterocycles. The van der Waals surface area contributed by atoms with Crippen molar-refractivity contribution in [1.29, 1.82) is 0 Å². The molecule has 0 bridgehead atoms. The molecule has 4 nitrogen and oxygen atoms in total. The van der Waals surface area contributed by atoms with Crippen LogP contribution >= 0.6 is 0 Å². The lowest BCUT2D eigenvalue weighted by molar-refractivity contribution is 0.0776. The second-order valence-corrected chi connectivity index (χ2v) is 5.54. The second-order valence-electron chi connectivity index (χ2n) is 5.54. The molecule has 21 heavy (non-hydrogen) atoms. The summed E-state index contributed by atoms with van der Waals surface area (Å²) in [6, 6.07) is 7.80. The molecule has 0 saturated carbocycles. The van der Waals surface area contributed by atoms with E-state index in [-0.39, 0.29) is 6.10 Å². The third-order valence-corrected chi connectivity index (χ3v) is 2.88. The van der Waals surface area contributed by atoms with Gasteiger partial charge in [0.2, 0.25) is 0 Å². The summed E-state index contributed by atoms with van der Waals surface area (Å²) in [7, 11) is 1.69. The van der Waals surface area contributed by atoms with Crippen LogP contribution in [-0.4, -0.2) is 39.5 Å². The van der Waals surface area contributed by atoms with Gasteiger partial charge in [0.05, 0.1) is 13.2 Å². The van der Waals surface area contributed by atoms with Gasteiger partial charge in [-0.3, -0.25) is 0 Å². The van der Waals surface area contributed by atoms with E-state index in [1.54, 1.807) is 7.11 Å². The highest BCUT2D eigenvalue weighted by atomic mass is 16.5. The molecule has 0 fully saturated rings. The third kappa shape index (κ3) is 7.34. The fraction of sp³-hybridized carbons (Fsp3) is 0.647. The number of rotatable bonds is 11. The Morgan fingerprint density at radius 3 is 2.43 bits per heavy atom. The summed E-state index contributed by atoms with van der Waals surface area (Å²) in [5, 5.41) is 3.41. The lowest BCUT2D eigenvalue weighted by atomic mass is 10.2. The first-order valence-electron chi connectivity index (χ1n) is 7.75. The molecule has 0 radical (unpaired) electrons. The molecule has 0 aliphatic carbocycles. The van der Waals surface area contributed by atoms with Gasteiger partial charge < -0.3 is 19.5 Å². The van der Waals surface area contributed by atoms with Crippen LogP contribution in [0.25, 0.3) is 0 Å². The third-order valence-electron chi connectivity index (χ3n) is 2.88. The van der Waals surface area contributed by atoms with Gasteiger partial charge in [0.25, 0.3) is 0 Å². The zero-order valence-corrected chi connectivity index (χ0v) is 13.7. The van der Waals surface area contributed by atoms with Crippen molar-refractivity contribution in [2.45, 2.75) is 33.3 Å². The summed E-state index contributed by atoms with van der Waals surface area (Å²) in [5.41, 5.74) is 0. The Morgan fingerprint density at radius 1 is 1.10 bits per heavy atom. The van der Waals surface area contributed by atoms with Gasteiger partial charge in [0, 0.05) is 13.7 Å². The molecule has 1 rings (SSSR count). The van der Waals surface area contributed by atoms with Gasteiger partial charge in [-0.05, 0) is 31.0 Å². The van der Waals surface area contributed by atoms with Crippen molar-refractivity contribution in [2.24, 2.45) is 5.92 Å². The average Bonchev–Trinajstić information content (AvgIpc) is 2.46. The Labute approximate surface area is 128 Å². The first-order chi connectivity index (χ1) is 10.2. The summed E-state index contributed by atoms with van der Waals surface area (Å²) in [4.78, 5) is 0. The van der Waals surface area contributed by atoms with E-state index in [0.717, 1.165) is 31.0 Å². The van der Waals surface area contributed by atoms with Gasteiger partial charge in [-0.2, -0.15) is 0 Å². The number of hydrogen-bond donors (Lipinski definition) is 1. The molecule has 1 aromatic rings. The number of benzene rings is 1. The van der Waals surface area contributed by atoms with Crippen molar-refractivity contribution in [2.75, 3.05) is 33.4 Å². The summed E-state index contributed by atoms with van der Waals surface area (Å²) in [6.45, 7) is 9.44. The van der Waals surface area contributed by atoms with Crippen molar-refractivity contribution < 1.29 is 14.2 Å². The number of ether oxygens (including phenoxy) is 3. The molecule has 1 atom stereocenters. The lowest BCUT2D eigenvalue weighted by Crippen LogP contribution is -2.36. The normalized spacial score (nSPS) is 12.4. The number of methoxy groups -OCH3 is 1. The molecule has 0 saturated heterocycles. The molecule has 0 aliphatic rings. The van der Waals surface area contributed by atoms with E-state index in [1.807, 2.05) is 24.3 Å². The van der Waals surface area contributed by atoms with Crippen LogP contribution in [-0.2, 0) is 4.74 Å². The van der Waals surface area contributed by atoms with E-state index in [0.29, 0.717) is 19.1 Å². The monoisotopic (exact) mass is 295 g/mol. The molecule has 0 spiro atoms. The maximum atomic E-state index is 6.05. The molecule has 1 unspecified atom stereocenters. The van der Waals surface area contributed by atoms with Gasteiger partial charge in [-0.15, -0.1) is 0 Å². The van der Waals surface area contributed by atoms with Crippen molar-refractivity contribution >= 4 is 0 Å². The molecule has 0 heterocycles. The topological polar surface area (TPSA) is 39.7 Å². The Hall–Kier alpha value is -1.26. The van der Waals surface area contributed by atoms with Crippen LogP contribution < -0.4 is 14.8 Å². The molecule has 1 N–H and O–H groups in total. The van der Waals surface area contributed by atoms with Crippen molar-refractivity contribution in [3.63, 3.8) is 0 Å². The second kappa shape index (κ2) is 10.5. The first kappa shape index (κ1) is 17.8. The summed E-state index contributed by atoms with van der Waals surface area (Å²) in [6.07, 6.45) is 0.950. The van der Waals surface area contributed by atoms with Crippen LogP contribution in [0.15, 0.2) is 24.3 Å². The zero-order chi connectivity index (χ0) is 15.5. The van der Waals surface area contributed by atoms with E-state index in [2.05, 4.69) is 26.1 Å². The van der Waals surface area contributed by atoms with Gasteiger partial charge in [-0.25, -0.2) is 0 Å². The zero-order valence-electron chi connectivity index (χ0n) is 13.7. The summed E-state index contributed by atoms with van der Waals surface area (Å²) < 4.78 is 17.0. The van der Waals surface area contributed by atoms with Crippen molar-refractivity contribution in [1.82, 2.24) is 5.32 Å². The average molecular weight is 295 g/mol. The predicted octanol–water partition coefficient (Wildman–Crippen LogP) is 3.11. The minimum Gasteiger partial charge on any atom is -0.490 e. The molecule has 120 valence electrons. The molecule has 0 amide bonds. The molecular weight excluding hydrogens is 266 g/mol. The summed E-state index contributed by atoms with van der Waals surface area (Å²) in [5.74, 6) is 2.19. The highest BCUT2D eigenvalue weighted by Gasteiger charge is 2.13. The van der Waals surface area contributed by atoms with E-state index in [1.165, 1.54) is 0 Å². The van der Waals surface area contributed by atoms with E-state index in [9.17, 15) is 0 Å². The molecule has 4 heteroatoms. The number of nitrogens with one attached hydrogen (secondary N) is 1. The molecule has 0 aliphatic heterocycles. The van der Waals surface area contributed by atoms with Crippen LogP contribution in [0, 0.1) is 5.92 Å². The van der Waals surface area contributed by atoms with Crippen LogP contribution in [0.3, 0.4) is 0 Å². The minimum atomic E-state index is -0.0277. The summed E-state index contributed by atoms with van der Waals surface area (Å²) >= 11 is 0. The van der Waals surface area contributed by atoms with Gasteiger partial charge in [0.1, 0.15) is 6.10 Å². The predicted molar refractivity (Wildman–Crippen MR) is 86.2 cm³/mol. The SMILES string of the molecule is CCCOc1ccccc1OC(CNCC(C)C)COC. The Kier molecular flexibility index (Phi) is 8.87. The van der Waals surface area contributed by atoms with Gasteiger partial charge in [-0.1, -0.05) is 32.9 Å². The van der Waals surface area contributed by atoms with Crippen molar-refractivity contribution in [3.8, 4) is 11.5 Å². The lowest BCUT2D eigenvalue weighted by Gasteiger charge is -2.21. The Morgan fingerprint density at radius 2 is 1.81 bits per heavy atom. The van der Waals surface area contributed by atoms with Gasteiger partial charge in [0.15, 0.2) is 11.5 Å².